The van der Waals surface area contributed by atoms with Crippen LogP contribution in [0, 0.1) is 5.82 Å². The molecule has 0 bridgehead atoms. The maximum absolute atomic E-state index is 13.7. The van der Waals surface area contributed by atoms with Gasteiger partial charge in [-0.1, -0.05) is 12.1 Å². The Bertz CT molecular complexity index is 726. The number of sulfonamides is 1. The summed E-state index contributed by atoms with van der Waals surface area (Å²) in [5.41, 5.74) is 0.811. The fourth-order valence-corrected chi connectivity index (χ4v) is 3.95. The first kappa shape index (κ1) is 15.1. The van der Waals surface area contributed by atoms with Crippen LogP contribution in [0.15, 0.2) is 46.2 Å². The fourth-order valence-electron chi connectivity index (χ4n) is 2.47. The Morgan fingerprint density at radius 2 is 1.91 bits per heavy atom. The minimum atomic E-state index is -3.78. The van der Waals surface area contributed by atoms with Gasteiger partial charge in [-0.2, -0.15) is 4.31 Å². The Labute approximate surface area is 128 Å². The van der Waals surface area contributed by atoms with E-state index in [9.17, 15) is 12.8 Å². The Balaban J connectivity index is 1.67. The van der Waals surface area contributed by atoms with Crippen molar-refractivity contribution in [1.82, 2.24) is 14.2 Å². The zero-order valence-electron chi connectivity index (χ0n) is 11.9. The lowest BCUT2D eigenvalue weighted by atomic mass is 10.3. The number of hydrogen-bond acceptors (Lipinski definition) is 5. The van der Waals surface area contributed by atoms with Crippen LogP contribution in [0.25, 0.3) is 0 Å². The molecule has 6 nitrogen and oxygen atoms in total. The van der Waals surface area contributed by atoms with Crippen LogP contribution >= 0.6 is 0 Å². The van der Waals surface area contributed by atoms with Crippen LogP contribution in [0.2, 0.25) is 0 Å². The molecule has 0 N–H and O–H groups in total. The van der Waals surface area contributed by atoms with Gasteiger partial charge in [0, 0.05) is 32.7 Å². The Morgan fingerprint density at radius 1 is 1.18 bits per heavy atom. The van der Waals surface area contributed by atoms with Gasteiger partial charge in [-0.25, -0.2) is 17.8 Å². The average Bonchev–Trinajstić information content (AvgIpc) is 3.01. The summed E-state index contributed by atoms with van der Waals surface area (Å²) in [6.45, 7) is 2.41. The standard InChI is InChI=1S/C14H16FN3O3S/c15-13-3-1-2-4-14(13)22(19,20)18-7-5-17(6-8-18)9-12-10-21-11-16-12/h1-4,10-11H,5-9H2. The molecule has 22 heavy (non-hydrogen) atoms. The number of aromatic nitrogens is 1. The third-order valence-corrected chi connectivity index (χ3v) is 5.59. The first-order chi connectivity index (χ1) is 10.6. The van der Waals surface area contributed by atoms with Crippen molar-refractivity contribution in [2.24, 2.45) is 0 Å². The number of nitrogens with zero attached hydrogens (tertiary/aromatic N) is 3. The quantitative estimate of drug-likeness (QED) is 0.848. The van der Waals surface area contributed by atoms with Crippen LogP contribution in [0.1, 0.15) is 5.69 Å². The molecule has 8 heteroatoms. The number of piperazine rings is 1. The number of rotatable bonds is 4. The van der Waals surface area contributed by atoms with Crippen molar-refractivity contribution in [1.29, 1.82) is 0 Å². The molecule has 0 saturated carbocycles. The third kappa shape index (κ3) is 3.03. The van der Waals surface area contributed by atoms with Crippen LogP contribution in [0.5, 0.6) is 0 Å². The molecule has 0 radical (unpaired) electrons. The van der Waals surface area contributed by atoms with Crippen LogP contribution in [-0.2, 0) is 16.6 Å². The molecule has 0 atom stereocenters. The molecule has 0 spiro atoms. The normalized spacial score (nSPS) is 17.7. The fraction of sp³-hybridized carbons (Fsp3) is 0.357. The summed E-state index contributed by atoms with van der Waals surface area (Å²) in [5.74, 6) is -0.715. The van der Waals surface area contributed by atoms with Crippen molar-refractivity contribution < 1.29 is 17.2 Å². The van der Waals surface area contributed by atoms with Gasteiger partial charge in [0.2, 0.25) is 10.0 Å². The van der Waals surface area contributed by atoms with E-state index >= 15 is 0 Å². The van der Waals surface area contributed by atoms with Gasteiger partial charge >= 0.3 is 0 Å². The van der Waals surface area contributed by atoms with E-state index in [4.69, 9.17) is 4.42 Å². The van der Waals surface area contributed by atoms with Crippen molar-refractivity contribution in [3.8, 4) is 0 Å². The Morgan fingerprint density at radius 3 is 2.55 bits per heavy atom. The molecule has 1 aromatic carbocycles. The van der Waals surface area contributed by atoms with Crippen LogP contribution in [0.3, 0.4) is 0 Å². The molecule has 118 valence electrons. The third-order valence-electron chi connectivity index (χ3n) is 3.65. The van der Waals surface area contributed by atoms with Gasteiger partial charge in [-0.15, -0.1) is 0 Å². The van der Waals surface area contributed by atoms with E-state index in [1.54, 1.807) is 6.26 Å². The highest BCUT2D eigenvalue weighted by molar-refractivity contribution is 7.89. The number of benzene rings is 1. The van der Waals surface area contributed by atoms with Crippen LogP contribution in [-0.4, -0.2) is 48.8 Å². The zero-order chi connectivity index (χ0) is 15.6. The monoisotopic (exact) mass is 325 g/mol. The van der Waals surface area contributed by atoms with Gasteiger partial charge in [0.05, 0.1) is 5.69 Å². The predicted octanol–water partition coefficient (Wildman–Crippen LogP) is 1.32. The summed E-state index contributed by atoms with van der Waals surface area (Å²) in [6.07, 6.45) is 2.94. The Kier molecular flexibility index (Phi) is 4.23. The number of oxazole rings is 1. The molecule has 1 aliphatic heterocycles. The van der Waals surface area contributed by atoms with Crippen molar-refractivity contribution in [2.45, 2.75) is 11.4 Å². The molecule has 2 aromatic rings. The van der Waals surface area contributed by atoms with Gasteiger partial charge < -0.3 is 4.42 Å². The van der Waals surface area contributed by atoms with E-state index in [2.05, 4.69) is 9.88 Å². The van der Waals surface area contributed by atoms with Gasteiger partial charge in [0.25, 0.3) is 0 Å². The molecular weight excluding hydrogens is 309 g/mol. The second-order valence-electron chi connectivity index (χ2n) is 5.09. The summed E-state index contributed by atoms with van der Waals surface area (Å²) in [6, 6.07) is 5.46. The SMILES string of the molecule is O=S(=O)(c1ccccc1F)N1CCN(Cc2cocn2)CC1. The molecule has 0 unspecified atom stereocenters. The summed E-state index contributed by atoms with van der Waals surface area (Å²) in [7, 11) is -3.78. The minimum Gasteiger partial charge on any atom is -0.451 e. The second-order valence-corrected chi connectivity index (χ2v) is 7.00. The van der Waals surface area contributed by atoms with Crippen molar-refractivity contribution in [3.63, 3.8) is 0 Å². The minimum absolute atomic E-state index is 0.264. The maximum Gasteiger partial charge on any atom is 0.246 e. The molecule has 1 saturated heterocycles. The first-order valence-corrected chi connectivity index (χ1v) is 8.35. The largest absolute Gasteiger partial charge is 0.451 e. The number of halogens is 1. The molecule has 1 aromatic heterocycles. The van der Waals surface area contributed by atoms with Crippen LogP contribution < -0.4 is 0 Å². The van der Waals surface area contributed by atoms with Crippen molar-refractivity contribution in [2.75, 3.05) is 26.2 Å². The van der Waals surface area contributed by atoms with Crippen molar-refractivity contribution >= 4 is 10.0 Å². The zero-order valence-corrected chi connectivity index (χ0v) is 12.7. The first-order valence-electron chi connectivity index (χ1n) is 6.91. The molecule has 1 aliphatic rings. The molecule has 2 heterocycles. The van der Waals surface area contributed by atoms with Gasteiger partial charge in [0.1, 0.15) is 17.0 Å². The second kappa shape index (κ2) is 6.15. The lowest BCUT2D eigenvalue weighted by Crippen LogP contribution is -2.48. The van der Waals surface area contributed by atoms with Gasteiger partial charge in [-0.05, 0) is 12.1 Å². The van der Waals surface area contributed by atoms with Crippen molar-refractivity contribution in [3.05, 3.63) is 48.4 Å². The predicted molar refractivity (Wildman–Crippen MR) is 76.9 cm³/mol. The summed E-state index contributed by atoms with van der Waals surface area (Å²) >= 11 is 0. The average molecular weight is 325 g/mol. The van der Waals surface area contributed by atoms with E-state index in [0.717, 1.165) is 11.8 Å². The molecular formula is C14H16FN3O3S. The maximum atomic E-state index is 13.7. The van der Waals surface area contributed by atoms with E-state index in [-0.39, 0.29) is 4.90 Å². The summed E-state index contributed by atoms with van der Waals surface area (Å²) < 4.78 is 44.9. The van der Waals surface area contributed by atoms with Crippen LogP contribution in [0.4, 0.5) is 4.39 Å². The van der Waals surface area contributed by atoms with E-state index in [1.165, 1.54) is 28.9 Å². The van der Waals surface area contributed by atoms with Gasteiger partial charge in [0.15, 0.2) is 6.39 Å². The lowest BCUT2D eigenvalue weighted by Gasteiger charge is -2.33. The highest BCUT2D eigenvalue weighted by atomic mass is 32.2. The highest BCUT2D eigenvalue weighted by Gasteiger charge is 2.30. The smallest absolute Gasteiger partial charge is 0.246 e. The molecule has 0 amide bonds. The van der Waals surface area contributed by atoms with E-state index in [0.29, 0.717) is 32.7 Å². The molecule has 1 fully saturated rings. The van der Waals surface area contributed by atoms with E-state index in [1.807, 2.05) is 0 Å². The highest BCUT2D eigenvalue weighted by Crippen LogP contribution is 2.20. The molecule has 3 rings (SSSR count). The lowest BCUT2D eigenvalue weighted by molar-refractivity contribution is 0.179. The topological polar surface area (TPSA) is 66.7 Å². The van der Waals surface area contributed by atoms with E-state index < -0.39 is 15.8 Å². The van der Waals surface area contributed by atoms with Gasteiger partial charge in [-0.3, -0.25) is 4.90 Å². The summed E-state index contributed by atoms with van der Waals surface area (Å²) in [4.78, 5) is 5.87. The Hall–Kier alpha value is -1.77. The number of hydrogen-bond donors (Lipinski definition) is 0. The summed E-state index contributed by atoms with van der Waals surface area (Å²) in [5, 5.41) is 0. The molecule has 0 aliphatic carbocycles.